The zero-order valence-electron chi connectivity index (χ0n) is 23.2. The summed E-state index contributed by atoms with van der Waals surface area (Å²) in [5.74, 6) is 1.57. The first-order valence-electron chi connectivity index (χ1n) is 13.6. The van der Waals surface area contributed by atoms with Gasteiger partial charge in [0.25, 0.3) is 0 Å². The summed E-state index contributed by atoms with van der Waals surface area (Å²) in [5, 5.41) is 0. The third kappa shape index (κ3) is 5.48. The second kappa shape index (κ2) is 10.7. The van der Waals surface area contributed by atoms with E-state index in [1.807, 2.05) is 48.7 Å². The van der Waals surface area contributed by atoms with Gasteiger partial charge in [-0.3, -0.25) is 4.98 Å². The van der Waals surface area contributed by atoms with Crippen molar-refractivity contribution in [3.05, 3.63) is 139 Å². The number of rotatable bonds is 6. The molecule has 0 unspecified atom stereocenters. The molecule has 4 aromatic carbocycles. The van der Waals surface area contributed by atoms with Gasteiger partial charge in [-0.2, -0.15) is 0 Å². The van der Waals surface area contributed by atoms with Crippen LogP contribution in [0.2, 0.25) is 0 Å². The topological polar surface area (TPSA) is 28.6 Å². The zero-order valence-corrected chi connectivity index (χ0v) is 23.2. The van der Waals surface area contributed by atoms with Gasteiger partial charge in [-0.25, -0.2) is 0 Å². The molecule has 0 fully saturated rings. The van der Waals surface area contributed by atoms with Gasteiger partial charge in [0.05, 0.1) is 12.4 Å². The van der Waals surface area contributed by atoms with Crippen molar-refractivity contribution in [3.63, 3.8) is 0 Å². The molecular formula is C36H33N3O. The number of nitrogens with zero attached hydrogens (tertiary/aromatic N) is 3. The first kappa shape index (κ1) is 25.4. The molecule has 0 spiro atoms. The number of pyridine rings is 1. The van der Waals surface area contributed by atoms with Crippen molar-refractivity contribution in [2.75, 3.05) is 16.5 Å². The summed E-state index contributed by atoms with van der Waals surface area (Å²) >= 11 is 0. The molecular weight excluding hydrogens is 490 g/mol. The largest absolute Gasteiger partial charge is 0.457 e. The van der Waals surface area contributed by atoms with E-state index in [-0.39, 0.29) is 5.41 Å². The van der Waals surface area contributed by atoms with E-state index >= 15 is 0 Å². The van der Waals surface area contributed by atoms with Crippen molar-refractivity contribution in [1.82, 2.24) is 4.98 Å². The molecule has 0 radical (unpaired) electrons. The standard InChI is InChI=1S/C36H33N3O/c1-36(2,3)33-17-7-8-18-35(33)39-22-21-38(26-39)30-14-10-16-32(25-30)40-31-15-9-13-29(23-31)34-24-28(19-20-37-34)27-11-5-4-6-12-27/h4-25H,26H2,1-3H3. The molecule has 0 amide bonds. The lowest BCUT2D eigenvalue weighted by Gasteiger charge is -2.28. The highest BCUT2D eigenvalue weighted by molar-refractivity contribution is 5.71. The van der Waals surface area contributed by atoms with Gasteiger partial charge in [-0.15, -0.1) is 0 Å². The first-order valence-corrected chi connectivity index (χ1v) is 13.6. The Hall–Kier alpha value is -4.83. The van der Waals surface area contributed by atoms with E-state index in [4.69, 9.17) is 4.74 Å². The second-order valence-corrected chi connectivity index (χ2v) is 11.1. The molecule has 0 saturated carbocycles. The maximum atomic E-state index is 6.34. The molecule has 1 aliphatic heterocycles. The minimum atomic E-state index is 0.0680. The maximum Gasteiger partial charge on any atom is 0.129 e. The van der Waals surface area contributed by atoms with Gasteiger partial charge in [0.15, 0.2) is 0 Å². The Kier molecular flexibility index (Phi) is 6.83. The van der Waals surface area contributed by atoms with Gasteiger partial charge in [0.2, 0.25) is 0 Å². The van der Waals surface area contributed by atoms with Crippen LogP contribution in [-0.2, 0) is 5.41 Å². The number of para-hydroxylation sites is 1. The fraction of sp³-hybridized carbons (Fsp3) is 0.139. The molecule has 198 valence electrons. The third-order valence-electron chi connectivity index (χ3n) is 7.13. The van der Waals surface area contributed by atoms with Crippen molar-refractivity contribution < 1.29 is 4.74 Å². The SMILES string of the molecule is CC(C)(C)c1ccccc1N1C=CN(c2cccc(Oc3cccc(-c4cc(-c5ccccc5)ccn4)c3)c2)C1. The molecule has 4 heteroatoms. The molecule has 2 heterocycles. The average Bonchev–Trinajstić information content (AvgIpc) is 3.48. The van der Waals surface area contributed by atoms with E-state index in [1.165, 1.54) is 16.8 Å². The zero-order chi connectivity index (χ0) is 27.5. The van der Waals surface area contributed by atoms with Crippen molar-refractivity contribution in [3.8, 4) is 33.9 Å². The number of ether oxygens (including phenoxy) is 1. The van der Waals surface area contributed by atoms with Crippen molar-refractivity contribution in [2.24, 2.45) is 0 Å². The Labute approximate surface area is 236 Å². The molecule has 0 atom stereocenters. The van der Waals surface area contributed by atoms with Gasteiger partial charge >= 0.3 is 0 Å². The Morgan fingerprint density at radius 3 is 2.15 bits per heavy atom. The van der Waals surface area contributed by atoms with Crippen LogP contribution in [0.5, 0.6) is 11.5 Å². The fourth-order valence-corrected chi connectivity index (χ4v) is 5.08. The van der Waals surface area contributed by atoms with Crippen molar-refractivity contribution in [2.45, 2.75) is 26.2 Å². The number of aromatic nitrogens is 1. The van der Waals surface area contributed by atoms with E-state index in [0.29, 0.717) is 0 Å². The molecule has 0 aliphatic carbocycles. The second-order valence-electron chi connectivity index (χ2n) is 11.1. The minimum absolute atomic E-state index is 0.0680. The van der Waals surface area contributed by atoms with Gasteiger partial charge in [-0.1, -0.05) is 87.5 Å². The fourth-order valence-electron chi connectivity index (χ4n) is 5.08. The van der Waals surface area contributed by atoms with Crippen LogP contribution in [0, 0.1) is 0 Å². The number of hydrogen-bond donors (Lipinski definition) is 0. The Balaban J connectivity index is 1.19. The maximum absolute atomic E-state index is 6.34. The van der Waals surface area contributed by atoms with Crippen molar-refractivity contribution >= 4 is 11.4 Å². The van der Waals surface area contributed by atoms with Crippen LogP contribution in [-0.4, -0.2) is 11.7 Å². The van der Waals surface area contributed by atoms with Crippen molar-refractivity contribution in [1.29, 1.82) is 0 Å². The minimum Gasteiger partial charge on any atom is -0.457 e. The average molecular weight is 524 g/mol. The van der Waals surface area contributed by atoms with Crippen LogP contribution >= 0.6 is 0 Å². The quantitative estimate of drug-likeness (QED) is 0.222. The predicted octanol–water partition coefficient (Wildman–Crippen LogP) is 9.26. The molecule has 0 N–H and O–H groups in total. The lowest BCUT2D eigenvalue weighted by atomic mass is 9.85. The highest BCUT2D eigenvalue weighted by atomic mass is 16.5. The third-order valence-corrected chi connectivity index (χ3v) is 7.13. The highest BCUT2D eigenvalue weighted by Gasteiger charge is 2.23. The van der Waals surface area contributed by atoms with Crippen LogP contribution in [0.4, 0.5) is 11.4 Å². The summed E-state index contributed by atoms with van der Waals surface area (Å²) in [6.07, 6.45) is 6.14. The van der Waals surface area contributed by atoms with Gasteiger partial charge in [0, 0.05) is 41.6 Å². The van der Waals surface area contributed by atoms with E-state index in [9.17, 15) is 0 Å². The molecule has 0 saturated heterocycles. The summed E-state index contributed by atoms with van der Waals surface area (Å²) in [5.41, 5.74) is 7.97. The van der Waals surface area contributed by atoms with E-state index < -0.39 is 0 Å². The molecule has 5 aromatic rings. The lowest BCUT2D eigenvalue weighted by Crippen LogP contribution is -2.27. The number of hydrogen-bond acceptors (Lipinski definition) is 4. The monoisotopic (exact) mass is 523 g/mol. The predicted molar refractivity (Wildman–Crippen MR) is 166 cm³/mol. The number of benzene rings is 4. The smallest absolute Gasteiger partial charge is 0.129 e. The van der Waals surface area contributed by atoms with Gasteiger partial charge in [0.1, 0.15) is 11.5 Å². The summed E-state index contributed by atoms with van der Waals surface area (Å²) in [6.45, 7) is 7.52. The Morgan fingerprint density at radius 1 is 0.625 bits per heavy atom. The Bertz CT molecular complexity index is 1650. The van der Waals surface area contributed by atoms with Crippen LogP contribution in [0.3, 0.4) is 0 Å². The number of anilines is 2. The summed E-state index contributed by atoms with van der Waals surface area (Å²) < 4.78 is 6.34. The molecule has 0 bridgehead atoms. The van der Waals surface area contributed by atoms with Crippen LogP contribution in [0.25, 0.3) is 22.4 Å². The van der Waals surface area contributed by atoms with E-state index in [1.54, 1.807) is 0 Å². The molecule has 6 rings (SSSR count). The van der Waals surface area contributed by atoms with Crippen LogP contribution in [0.15, 0.2) is 134 Å². The van der Waals surface area contributed by atoms with E-state index in [2.05, 4.69) is 121 Å². The molecule has 1 aromatic heterocycles. The summed E-state index contributed by atoms with van der Waals surface area (Å²) in [7, 11) is 0. The summed E-state index contributed by atoms with van der Waals surface area (Å²) in [4.78, 5) is 9.17. The molecule has 40 heavy (non-hydrogen) atoms. The summed E-state index contributed by atoms with van der Waals surface area (Å²) in [6, 6.07) is 39.5. The highest BCUT2D eigenvalue weighted by Crippen LogP contribution is 2.35. The van der Waals surface area contributed by atoms with Crippen LogP contribution < -0.4 is 14.5 Å². The lowest BCUT2D eigenvalue weighted by molar-refractivity contribution is 0.483. The first-order chi connectivity index (χ1) is 19.4. The van der Waals surface area contributed by atoms with Crippen LogP contribution in [0.1, 0.15) is 26.3 Å². The van der Waals surface area contributed by atoms with E-state index in [0.717, 1.165) is 40.7 Å². The van der Waals surface area contributed by atoms with Gasteiger partial charge < -0.3 is 14.5 Å². The normalized spacial score (nSPS) is 13.1. The van der Waals surface area contributed by atoms with Gasteiger partial charge in [-0.05, 0) is 64.6 Å². The Morgan fingerprint density at radius 2 is 1.32 bits per heavy atom. The molecule has 1 aliphatic rings. The molecule has 4 nitrogen and oxygen atoms in total.